The minimum absolute atomic E-state index is 0.0251. The summed E-state index contributed by atoms with van der Waals surface area (Å²) in [5.74, 6) is -0.287. The zero-order valence-electron chi connectivity index (χ0n) is 14.4. The molecule has 26 heavy (non-hydrogen) atoms. The number of hydrazone groups is 1. The van der Waals surface area contributed by atoms with Gasteiger partial charge in [0.25, 0.3) is 0 Å². The van der Waals surface area contributed by atoms with Crippen molar-refractivity contribution in [2.24, 2.45) is 5.10 Å². The molecular weight excluding hydrogens is 358 g/mol. The zero-order chi connectivity index (χ0) is 18.9. The van der Waals surface area contributed by atoms with Gasteiger partial charge in [-0.25, -0.2) is 5.43 Å². The molecule has 10 heteroatoms. The van der Waals surface area contributed by atoms with Crippen LogP contribution in [-0.2, 0) is 16.0 Å². The summed E-state index contributed by atoms with van der Waals surface area (Å²) in [6.07, 6.45) is 2.43. The second kappa shape index (κ2) is 9.47. The molecular formula is C16H19N5O4S. The smallest absolute Gasteiger partial charge is 0.247 e. The van der Waals surface area contributed by atoms with E-state index in [0.717, 1.165) is 17.8 Å². The highest BCUT2D eigenvalue weighted by Gasteiger charge is 2.11. The van der Waals surface area contributed by atoms with E-state index < -0.39 is 5.91 Å². The molecule has 0 radical (unpaired) electrons. The number of rotatable bonds is 8. The van der Waals surface area contributed by atoms with Crippen LogP contribution in [-0.4, -0.2) is 40.4 Å². The topological polar surface area (TPSA) is 126 Å². The number of aromatic hydroxyl groups is 1. The average Bonchev–Trinajstić information content (AvgIpc) is 3.03. The number of methoxy groups -OCH3 is 1. The van der Waals surface area contributed by atoms with Crippen LogP contribution < -0.4 is 15.5 Å². The van der Waals surface area contributed by atoms with Gasteiger partial charge in [-0.05, 0) is 18.6 Å². The Bertz CT molecular complexity index is 806. The quantitative estimate of drug-likeness (QED) is 0.475. The van der Waals surface area contributed by atoms with E-state index in [-0.39, 0.29) is 18.1 Å². The van der Waals surface area contributed by atoms with Crippen molar-refractivity contribution in [3.05, 3.63) is 28.8 Å². The predicted octanol–water partition coefficient (Wildman–Crippen LogP) is 1.68. The molecule has 0 unspecified atom stereocenters. The van der Waals surface area contributed by atoms with Crippen molar-refractivity contribution in [1.29, 1.82) is 0 Å². The summed E-state index contributed by atoms with van der Waals surface area (Å²) in [5, 5.41) is 24.8. The third-order valence-electron chi connectivity index (χ3n) is 3.15. The normalized spacial score (nSPS) is 10.7. The number of para-hydroxylation sites is 1. The van der Waals surface area contributed by atoms with E-state index in [2.05, 4.69) is 26.0 Å². The van der Waals surface area contributed by atoms with Gasteiger partial charge in [-0.3, -0.25) is 9.59 Å². The van der Waals surface area contributed by atoms with E-state index in [1.807, 2.05) is 6.92 Å². The monoisotopic (exact) mass is 377 g/mol. The number of anilines is 1. The highest BCUT2D eigenvalue weighted by Crippen LogP contribution is 2.27. The highest BCUT2D eigenvalue weighted by molar-refractivity contribution is 7.15. The Kier molecular flexibility index (Phi) is 7.03. The summed E-state index contributed by atoms with van der Waals surface area (Å²) < 4.78 is 4.99. The van der Waals surface area contributed by atoms with Crippen LogP contribution in [0.15, 0.2) is 23.3 Å². The molecule has 0 saturated heterocycles. The van der Waals surface area contributed by atoms with Crippen molar-refractivity contribution >= 4 is 34.5 Å². The fraction of sp³-hybridized carbons (Fsp3) is 0.312. The lowest BCUT2D eigenvalue weighted by Gasteiger charge is -2.04. The second-order valence-corrected chi connectivity index (χ2v) is 6.23. The molecule has 1 aromatic heterocycles. The first kappa shape index (κ1) is 19.3. The Morgan fingerprint density at radius 3 is 2.88 bits per heavy atom. The fourth-order valence-corrected chi connectivity index (χ4v) is 2.70. The molecule has 0 atom stereocenters. The van der Waals surface area contributed by atoms with Crippen LogP contribution in [0.25, 0.3) is 0 Å². The number of ether oxygens (including phenoxy) is 1. The van der Waals surface area contributed by atoms with Crippen LogP contribution in [0.2, 0.25) is 0 Å². The van der Waals surface area contributed by atoms with Crippen molar-refractivity contribution in [3.63, 3.8) is 0 Å². The SMILES string of the molecule is CCCC(=O)Nc1nnc(CC(=O)N/N=C\c2cccc(OC)c2O)s1. The molecule has 1 heterocycles. The van der Waals surface area contributed by atoms with Crippen molar-refractivity contribution in [3.8, 4) is 11.5 Å². The van der Waals surface area contributed by atoms with Crippen LogP contribution in [0.3, 0.4) is 0 Å². The van der Waals surface area contributed by atoms with E-state index >= 15 is 0 Å². The Balaban J connectivity index is 1.87. The lowest BCUT2D eigenvalue weighted by Crippen LogP contribution is -2.19. The summed E-state index contributed by atoms with van der Waals surface area (Å²) in [4.78, 5) is 23.4. The van der Waals surface area contributed by atoms with E-state index in [1.165, 1.54) is 13.3 Å². The molecule has 0 fully saturated rings. The predicted molar refractivity (Wildman–Crippen MR) is 97.5 cm³/mol. The van der Waals surface area contributed by atoms with Crippen LogP contribution in [0, 0.1) is 0 Å². The lowest BCUT2D eigenvalue weighted by molar-refractivity contribution is -0.120. The van der Waals surface area contributed by atoms with Crippen molar-refractivity contribution in [2.45, 2.75) is 26.2 Å². The molecule has 9 nitrogen and oxygen atoms in total. The van der Waals surface area contributed by atoms with Gasteiger partial charge < -0.3 is 15.2 Å². The highest BCUT2D eigenvalue weighted by atomic mass is 32.1. The van der Waals surface area contributed by atoms with E-state index in [9.17, 15) is 14.7 Å². The molecule has 0 aliphatic heterocycles. The van der Waals surface area contributed by atoms with Gasteiger partial charge in [0.2, 0.25) is 16.9 Å². The van der Waals surface area contributed by atoms with Gasteiger partial charge in [0.05, 0.1) is 19.7 Å². The van der Waals surface area contributed by atoms with E-state index in [4.69, 9.17) is 4.74 Å². The van der Waals surface area contributed by atoms with Crippen LogP contribution >= 0.6 is 11.3 Å². The number of hydrogen-bond acceptors (Lipinski definition) is 8. The minimum Gasteiger partial charge on any atom is -0.504 e. The molecule has 0 saturated carbocycles. The maximum atomic E-state index is 11.9. The second-order valence-electron chi connectivity index (χ2n) is 5.17. The molecule has 2 aromatic rings. The van der Waals surface area contributed by atoms with Crippen LogP contribution in [0.4, 0.5) is 5.13 Å². The molecule has 1 aromatic carbocycles. The number of benzene rings is 1. The van der Waals surface area contributed by atoms with Crippen molar-refractivity contribution in [2.75, 3.05) is 12.4 Å². The average molecular weight is 377 g/mol. The molecule has 0 aliphatic rings. The third-order valence-corrected chi connectivity index (χ3v) is 3.98. The number of aromatic nitrogens is 2. The van der Waals surface area contributed by atoms with E-state index in [1.54, 1.807) is 18.2 Å². The number of carbonyl (C=O) groups excluding carboxylic acids is 2. The Morgan fingerprint density at radius 2 is 2.15 bits per heavy atom. The first-order chi connectivity index (χ1) is 12.5. The fourth-order valence-electron chi connectivity index (χ4n) is 1.94. The Labute approximate surface area is 154 Å². The molecule has 0 bridgehead atoms. The molecule has 3 N–H and O–H groups in total. The van der Waals surface area contributed by atoms with Crippen molar-refractivity contribution in [1.82, 2.24) is 15.6 Å². The van der Waals surface area contributed by atoms with Gasteiger partial charge in [-0.1, -0.05) is 24.3 Å². The van der Waals surface area contributed by atoms with Gasteiger partial charge in [-0.2, -0.15) is 5.10 Å². The standard InChI is InChI=1S/C16H19N5O4S/c1-3-5-12(22)18-16-21-20-14(26-16)8-13(23)19-17-9-10-6-4-7-11(25-2)15(10)24/h4,6-7,9,24H,3,5,8H2,1-2H3,(H,19,23)(H,18,21,22)/b17-9-. The molecule has 0 aliphatic carbocycles. The van der Waals surface area contributed by atoms with Gasteiger partial charge in [0.15, 0.2) is 11.5 Å². The largest absolute Gasteiger partial charge is 0.504 e. The molecule has 2 amide bonds. The maximum absolute atomic E-state index is 11.9. The maximum Gasteiger partial charge on any atom is 0.247 e. The number of nitrogens with one attached hydrogen (secondary N) is 2. The number of nitrogens with zero attached hydrogens (tertiary/aromatic N) is 3. The number of hydrogen-bond donors (Lipinski definition) is 3. The van der Waals surface area contributed by atoms with Crippen LogP contribution in [0.1, 0.15) is 30.3 Å². The summed E-state index contributed by atoms with van der Waals surface area (Å²) in [5.41, 5.74) is 2.75. The Hall–Kier alpha value is -3.01. The van der Waals surface area contributed by atoms with Gasteiger partial charge in [-0.15, -0.1) is 10.2 Å². The zero-order valence-corrected chi connectivity index (χ0v) is 15.2. The number of phenols is 1. The molecule has 2 rings (SSSR count). The third kappa shape index (κ3) is 5.52. The van der Waals surface area contributed by atoms with Gasteiger partial charge in [0.1, 0.15) is 5.01 Å². The molecule has 138 valence electrons. The summed E-state index contributed by atoms with van der Waals surface area (Å²) >= 11 is 1.13. The van der Waals surface area contributed by atoms with Crippen molar-refractivity contribution < 1.29 is 19.4 Å². The minimum atomic E-state index is -0.397. The summed E-state index contributed by atoms with van der Waals surface area (Å²) in [6, 6.07) is 4.93. The van der Waals surface area contributed by atoms with Gasteiger partial charge >= 0.3 is 0 Å². The lowest BCUT2D eigenvalue weighted by atomic mass is 10.2. The summed E-state index contributed by atoms with van der Waals surface area (Å²) in [7, 11) is 1.44. The number of carbonyl (C=O) groups is 2. The number of amides is 2. The summed E-state index contributed by atoms with van der Waals surface area (Å²) in [6.45, 7) is 1.90. The Morgan fingerprint density at radius 1 is 1.35 bits per heavy atom. The molecule has 0 spiro atoms. The first-order valence-corrected chi connectivity index (χ1v) is 8.65. The van der Waals surface area contributed by atoms with Gasteiger partial charge in [0, 0.05) is 12.0 Å². The number of phenolic OH excluding ortho intramolecular Hbond substituents is 1. The van der Waals surface area contributed by atoms with Crippen LogP contribution in [0.5, 0.6) is 11.5 Å². The van der Waals surface area contributed by atoms with E-state index in [0.29, 0.717) is 27.9 Å². The first-order valence-electron chi connectivity index (χ1n) is 7.83.